The molecule has 0 spiro atoms. The highest BCUT2D eigenvalue weighted by Gasteiger charge is 2.13. The number of aromatic nitrogens is 2. The number of furan rings is 1. The van der Waals surface area contributed by atoms with Gasteiger partial charge in [0.2, 0.25) is 5.58 Å². The Morgan fingerprint density at radius 3 is 3.05 bits per heavy atom. The van der Waals surface area contributed by atoms with Crippen molar-refractivity contribution in [2.45, 2.75) is 32.9 Å². The molecule has 0 bridgehead atoms. The van der Waals surface area contributed by atoms with Gasteiger partial charge in [-0.05, 0) is 19.4 Å². The third-order valence-corrected chi connectivity index (χ3v) is 3.63. The van der Waals surface area contributed by atoms with E-state index >= 15 is 0 Å². The molecule has 0 aliphatic rings. The van der Waals surface area contributed by atoms with Gasteiger partial charge in [0, 0.05) is 11.4 Å². The summed E-state index contributed by atoms with van der Waals surface area (Å²) in [7, 11) is 5.80. The van der Waals surface area contributed by atoms with Crippen molar-refractivity contribution in [3.05, 3.63) is 34.4 Å². The zero-order chi connectivity index (χ0) is 15.0. The molecular formula is C15H16BN3O2. The Bertz CT molecular complexity index is 853. The third kappa shape index (κ3) is 2.59. The third-order valence-electron chi connectivity index (χ3n) is 3.63. The van der Waals surface area contributed by atoms with Crippen LogP contribution in [0.5, 0.6) is 0 Å². The first-order valence-corrected chi connectivity index (χ1v) is 7.02. The van der Waals surface area contributed by atoms with Crippen LogP contribution in [-0.2, 0) is 6.54 Å². The molecule has 0 saturated heterocycles. The molecule has 3 aromatic rings. The fraction of sp³-hybridized carbons (Fsp3) is 0.333. The van der Waals surface area contributed by atoms with E-state index in [2.05, 4.69) is 29.1 Å². The molecule has 2 heterocycles. The van der Waals surface area contributed by atoms with Crippen LogP contribution in [0.3, 0.4) is 0 Å². The maximum atomic E-state index is 12.1. The zero-order valence-corrected chi connectivity index (χ0v) is 12.1. The van der Waals surface area contributed by atoms with Crippen LogP contribution in [0.4, 0.5) is 0 Å². The molecule has 0 saturated carbocycles. The Balaban J connectivity index is 2.10. The predicted octanol–water partition coefficient (Wildman–Crippen LogP) is 1.35. The summed E-state index contributed by atoms with van der Waals surface area (Å²) in [5.74, 6) is 0.595. The highest BCUT2D eigenvalue weighted by Crippen LogP contribution is 2.23. The van der Waals surface area contributed by atoms with E-state index in [4.69, 9.17) is 12.3 Å². The Hall–Kier alpha value is -2.08. The van der Waals surface area contributed by atoms with Gasteiger partial charge in [0.05, 0.1) is 6.54 Å². The Morgan fingerprint density at radius 2 is 2.29 bits per heavy atom. The van der Waals surface area contributed by atoms with Crippen molar-refractivity contribution < 1.29 is 4.42 Å². The van der Waals surface area contributed by atoms with Crippen molar-refractivity contribution in [2.24, 2.45) is 0 Å². The summed E-state index contributed by atoms with van der Waals surface area (Å²) in [6, 6.07) is 5.63. The van der Waals surface area contributed by atoms with Crippen LogP contribution in [0.1, 0.15) is 26.1 Å². The van der Waals surface area contributed by atoms with Crippen molar-refractivity contribution in [2.75, 3.05) is 0 Å². The lowest BCUT2D eigenvalue weighted by Crippen LogP contribution is -2.26. The molecule has 1 unspecified atom stereocenters. The van der Waals surface area contributed by atoms with Crippen LogP contribution in [0.15, 0.2) is 27.4 Å². The normalized spacial score (nSPS) is 13.0. The fourth-order valence-corrected chi connectivity index (χ4v) is 2.22. The lowest BCUT2D eigenvalue weighted by Gasteiger charge is -2.10. The first kappa shape index (κ1) is 13.9. The number of hydrogen-bond acceptors (Lipinski definition) is 4. The van der Waals surface area contributed by atoms with E-state index in [0.717, 1.165) is 11.8 Å². The van der Waals surface area contributed by atoms with Crippen LogP contribution < -0.4 is 16.3 Å². The maximum Gasteiger partial charge on any atom is 0.294 e. The molecule has 0 aliphatic carbocycles. The van der Waals surface area contributed by atoms with Gasteiger partial charge in [-0.15, -0.1) is 0 Å². The van der Waals surface area contributed by atoms with Gasteiger partial charge in [0.15, 0.2) is 0 Å². The molecule has 0 aliphatic heterocycles. The summed E-state index contributed by atoms with van der Waals surface area (Å²) in [6.07, 6.45) is 1.01. The minimum absolute atomic E-state index is 0.239. The average Bonchev–Trinajstić information content (AvgIpc) is 2.83. The van der Waals surface area contributed by atoms with E-state index in [1.165, 1.54) is 0 Å². The molecule has 6 heteroatoms. The summed E-state index contributed by atoms with van der Waals surface area (Å²) in [4.78, 5) is 19.4. The van der Waals surface area contributed by atoms with Crippen LogP contribution in [-0.4, -0.2) is 23.9 Å². The first-order valence-electron chi connectivity index (χ1n) is 7.02. The Morgan fingerprint density at radius 1 is 1.48 bits per heavy atom. The molecule has 3 rings (SSSR count). The minimum Gasteiger partial charge on any atom is -0.449 e. The predicted molar refractivity (Wildman–Crippen MR) is 84.1 cm³/mol. The molecule has 1 atom stereocenters. The van der Waals surface area contributed by atoms with Crippen molar-refractivity contribution in [3.63, 3.8) is 0 Å². The van der Waals surface area contributed by atoms with E-state index in [0.29, 0.717) is 35.0 Å². The van der Waals surface area contributed by atoms with Gasteiger partial charge in [-0.1, -0.05) is 24.5 Å². The summed E-state index contributed by atoms with van der Waals surface area (Å²) >= 11 is 0. The second-order valence-electron chi connectivity index (χ2n) is 5.24. The smallest absolute Gasteiger partial charge is 0.294 e. The molecular weight excluding hydrogens is 265 g/mol. The fourth-order valence-electron chi connectivity index (χ4n) is 2.22. The molecule has 2 aromatic heterocycles. The van der Waals surface area contributed by atoms with Crippen molar-refractivity contribution in [1.82, 2.24) is 15.3 Å². The quantitative estimate of drug-likeness (QED) is 0.708. The number of H-pyrrole nitrogens is 1. The Kier molecular flexibility index (Phi) is 3.55. The maximum absolute atomic E-state index is 12.1. The number of nitrogens with one attached hydrogen (secondary N) is 2. The standard InChI is InChI=1S/C15H16BN3O2/c1-3-8(2)17-7-12-18-13-10-6-9(16)4-5-11(10)21-14(13)15(20)19-12/h4-6,8,17H,3,7H2,1-2H3,(H,18,19,20). The highest BCUT2D eigenvalue weighted by atomic mass is 16.3. The lowest BCUT2D eigenvalue weighted by molar-refractivity contribution is 0.522. The van der Waals surface area contributed by atoms with E-state index < -0.39 is 0 Å². The highest BCUT2D eigenvalue weighted by molar-refractivity contribution is 6.33. The van der Waals surface area contributed by atoms with Gasteiger partial charge in [0.25, 0.3) is 5.56 Å². The molecule has 0 fully saturated rings. The largest absolute Gasteiger partial charge is 0.449 e. The van der Waals surface area contributed by atoms with Gasteiger partial charge in [-0.25, -0.2) is 4.98 Å². The minimum atomic E-state index is -0.268. The molecule has 21 heavy (non-hydrogen) atoms. The van der Waals surface area contributed by atoms with Gasteiger partial charge < -0.3 is 14.7 Å². The SMILES string of the molecule is [B]c1ccc2oc3c(=O)[nH]c(CNC(C)CC)nc3c2c1. The van der Waals surface area contributed by atoms with Crippen molar-refractivity contribution in [1.29, 1.82) is 0 Å². The van der Waals surface area contributed by atoms with Gasteiger partial charge in [-0.2, -0.15) is 0 Å². The number of rotatable bonds is 4. The molecule has 2 N–H and O–H groups in total. The zero-order valence-electron chi connectivity index (χ0n) is 12.1. The van der Waals surface area contributed by atoms with E-state index in [1.54, 1.807) is 18.2 Å². The van der Waals surface area contributed by atoms with Crippen LogP contribution >= 0.6 is 0 Å². The molecule has 0 amide bonds. The van der Waals surface area contributed by atoms with E-state index in [1.807, 2.05) is 0 Å². The lowest BCUT2D eigenvalue weighted by atomic mass is 9.95. The van der Waals surface area contributed by atoms with Gasteiger partial charge in [0.1, 0.15) is 24.8 Å². The molecule has 2 radical (unpaired) electrons. The summed E-state index contributed by atoms with van der Waals surface area (Å²) in [5, 5.41) is 4.07. The number of fused-ring (bicyclic) bond motifs is 3. The van der Waals surface area contributed by atoms with Gasteiger partial charge >= 0.3 is 0 Å². The van der Waals surface area contributed by atoms with Crippen LogP contribution in [0, 0.1) is 0 Å². The number of aromatic amines is 1. The van der Waals surface area contributed by atoms with Crippen LogP contribution in [0.25, 0.3) is 22.1 Å². The first-order chi connectivity index (χ1) is 10.1. The van der Waals surface area contributed by atoms with Gasteiger partial charge in [-0.3, -0.25) is 4.79 Å². The average molecular weight is 281 g/mol. The van der Waals surface area contributed by atoms with Crippen molar-refractivity contribution in [3.8, 4) is 0 Å². The van der Waals surface area contributed by atoms with E-state index in [-0.39, 0.29) is 11.1 Å². The number of hydrogen-bond donors (Lipinski definition) is 2. The number of benzene rings is 1. The van der Waals surface area contributed by atoms with Crippen molar-refractivity contribution >= 4 is 35.4 Å². The van der Waals surface area contributed by atoms with E-state index in [9.17, 15) is 4.79 Å². The second kappa shape index (κ2) is 5.37. The monoisotopic (exact) mass is 281 g/mol. The molecule has 1 aromatic carbocycles. The number of nitrogens with zero attached hydrogens (tertiary/aromatic N) is 1. The molecule has 106 valence electrons. The summed E-state index contributed by atoms with van der Waals surface area (Å²) in [6.45, 7) is 4.70. The Labute approximate surface area is 123 Å². The molecule has 5 nitrogen and oxygen atoms in total. The van der Waals surface area contributed by atoms with Crippen LogP contribution in [0.2, 0.25) is 0 Å². The topological polar surface area (TPSA) is 70.9 Å². The second-order valence-corrected chi connectivity index (χ2v) is 5.24. The summed E-state index contributed by atoms with van der Waals surface area (Å²) in [5.41, 5.74) is 1.76. The summed E-state index contributed by atoms with van der Waals surface area (Å²) < 4.78 is 5.56.